The molecule has 0 heterocycles. The maximum atomic E-state index is 9.47. The SMILES string of the molecule is C=CC(C)(C)C(C)(C)O.CC.Cc1ccc2c(c1)C1CCC2C1. The minimum atomic E-state index is -0.672. The van der Waals surface area contributed by atoms with Crippen LogP contribution < -0.4 is 0 Å². The molecule has 2 aliphatic rings. The third-order valence-electron chi connectivity index (χ3n) is 5.64. The average molecular weight is 317 g/mol. The van der Waals surface area contributed by atoms with Gasteiger partial charge in [-0.3, -0.25) is 0 Å². The predicted molar refractivity (Wildman–Crippen MR) is 102 cm³/mol. The number of rotatable bonds is 2. The van der Waals surface area contributed by atoms with E-state index in [1.54, 1.807) is 31.1 Å². The van der Waals surface area contributed by atoms with Gasteiger partial charge in [0.2, 0.25) is 0 Å². The first-order valence-electron chi connectivity index (χ1n) is 9.12. The molecule has 0 spiro atoms. The zero-order valence-corrected chi connectivity index (χ0v) is 16.2. The lowest BCUT2D eigenvalue weighted by Gasteiger charge is -2.34. The lowest BCUT2D eigenvalue weighted by atomic mass is 9.78. The lowest BCUT2D eigenvalue weighted by Crippen LogP contribution is -2.36. The first-order valence-corrected chi connectivity index (χ1v) is 9.12. The summed E-state index contributed by atoms with van der Waals surface area (Å²) in [7, 11) is 0. The number of benzene rings is 1. The molecule has 130 valence electrons. The van der Waals surface area contributed by atoms with E-state index in [2.05, 4.69) is 31.7 Å². The molecule has 1 fully saturated rings. The van der Waals surface area contributed by atoms with Crippen molar-refractivity contribution in [2.45, 2.75) is 85.2 Å². The Morgan fingerprint density at radius 3 is 2.00 bits per heavy atom. The van der Waals surface area contributed by atoms with E-state index in [9.17, 15) is 5.11 Å². The highest BCUT2D eigenvalue weighted by Gasteiger charge is 2.36. The second-order valence-electron chi connectivity index (χ2n) is 7.82. The molecule has 1 saturated carbocycles. The van der Waals surface area contributed by atoms with Gasteiger partial charge in [0.1, 0.15) is 0 Å². The quantitative estimate of drug-likeness (QED) is 0.630. The van der Waals surface area contributed by atoms with E-state index in [1.165, 1.54) is 24.8 Å². The van der Waals surface area contributed by atoms with Crippen molar-refractivity contribution in [1.29, 1.82) is 0 Å². The molecule has 23 heavy (non-hydrogen) atoms. The summed E-state index contributed by atoms with van der Waals surface area (Å²) in [4.78, 5) is 0. The summed E-state index contributed by atoms with van der Waals surface area (Å²) in [5, 5.41) is 9.47. The molecule has 1 aromatic carbocycles. The van der Waals surface area contributed by atoms with Crippen LogP contribution in [0.25, 0.3) is 0 Å². The molecule has 1 heteroatoms. The highest BCUT2D eigenvalue weighted by molar-refractivity contribution is 5.43. The Balaban J connectivity index is 0.000000218. The van der Waals surface area contributed by atoms with E-state index < -0.39 is 5.60 Å². The number of hydrogen-bond acceptors (Lipinski definition) is 1. The van der Waals surface area contributed by atoms with Crippen LogP contribution in [0.15, 0.2) is 30.9 Å². The molecule has 1 N–H and O–H groups in total. The summed E-state index contributed by atoms with van der Waals surface area (Å²) in [6.45, 7) is 17.3. The largest absolute Gasteiger partial charge is 0.390 e. The fraction of sp³-hybridized carbons (Fsp3) is 0.636. The molecule has 0 amide bonds. The van der Waals surface area contributed by atoms with Crippen LogP contribution in [0.3, 0.4) is 0 Å². The summed E-state index contributed by atoms with van der Waals surface area (Å²) in [5.41, 5.74) is 3.89. The van der Waals surface area contributed by atoms with E-state index >= 15 is 0 Å². The van der Waals surface area contributed by atoms with Crippen molar-refractivity contribution in [2.75, 3.05) is 0 Å². The third kappa shape index (κ3) is 4.47. The third-order valence-corrected chi connectivity index (χ3v) is 5.64. The summed E-state index contributed by atoms with van der Waals surface area (Å²) in [6, 6.07) is 7.02. The molecule has 1 nitrogen and oxygen atoms in total. The molecule has 0 aromatic heterocycles. The monoisotopic (exact) mass is 316 g/mol. The average Bonchev–Trinajstić information content (AvgIpc) is 3.10. The first-order chi connectivity index (χ1) is 10.7. The van der Waals surface area contributed by atoms with E-state index in [1.807, 2.05) is 27.7 Å². The number of fused-ring (bicyclic) bond motifs is 5. The highest BCUT2D eigenvalue weighted by atomic mass is 16.3. The molecule has 0 saturated heterocycles. The van der Waals surface area contributed by atoms with Gasteiger partial charge in [0, 0.05) is 5.41 Å². The second-order valence-corrected chi connectivity index (χ2v) is 7.82. The molecule has 3 rings (SSSR count). The van der Waals surface area contributed by atoms with Crippen molar-refractivity contribution < 1.29 is 5.11 Å². The highest BCUT2D eigenvalue weighted by Crippen LogP contribution is 2.52. The van der Waals surface area contributed by atoms with E-state index in [-0.39, 0.29) is 5.41 Å². The maximum absolute atomic E-state index is 9.47. The van der Waals surface area contributed by atoms with Crippen LogP contribution in [0.2, 0.25) is 0 Å². The van der Waals surface area contributed by atoms with Crippen LogP contribution in [-0.4, -0.2) is 10.7 Å². The smallest absolute Gasteiger partial charge is 0.0676 e. The van der Waals surface area contributed by atoms with Gasteiger partial charge >= 0.3 is 0 Å². The van der Waals surface area contributed by atoms with Crippen LogP contribution in [0.4, 0.5) is 0 Å². The Bertz CT molecular complexity index is 519. The van der Waals surface area contributed by atoms with Gasteiger partial charge in [0.25, 0.3) is 0 Å². The van der Waals surface area contributed by atoms with Gasteiger partial charge in [-0.05, 0) is 63.0 Å². The Hall–Kier alpha value is -1.08. The summed E-state index contributed by atoms with van der Waals surface area (Å²) < 4.78 is 0. The Morgan fingerprint density at radius 2 is 1.57 bits per heavy atom. The fourth-order valence-corrected chi connectivity index (χ4v) is 3.22. The molecule has 1 aromatic rings. The van der Waals surface area contributed by atoms with E-state index in [4.69, 9.17) is 0 Å². The molecule has 2 bridgehead atoms. The van der Waals surface area contributed by atoms with Crippen LogP contribution in [0.5, 0.6) is 0 Å². The predicted octanol–water partition coefficient (Wildman–Crippen LogP) is 6.36. The zero-order valence-electron chi connectivity index (χ0n) is 16.2. The van der Waals surface area contributed by atoms with Crippen molar-refractivity contribution in [3.63, 3.8) is 0 Å². The van der Waals surface area contributed by atoms with Gasteiger partial charge in [0.15, 0.2) is 0 Å². The number of aryl methyl sites for hydroxylation is 1. The van der Waals surface area contributed by atoms with E-state index in [0.717, 1.165) is 11.8 Å². The summed E-state index contributed by atoms with van der Waals surface area (Å²) in [6.07, 6.45) is 6.10. The molecule has 2 unspecified atom stereocenters. The lowest BCUT2D eigenvalue weighted by molar-refractivity contribution is -0.00719. The molecule has 0 aliphatic heterocycles. The minimum Gasteiger partial charge on any atom is -0.390 e. The van der Waals surface area contributed by atoms with Crippen LogP contribution >= 0.6 is 0 Å². The van der Waals surface area contributed by atoms with Crippen molar-refractivity contribution in [1.82, 2.24) is 0 Å². The summed E-state index contributed by atoms with van der Waals surface area (Å²) >= 11 is 0. The number of aliphatic hydroxyl groups is 1. The van der Waals surface area contributed by atoms with Crippen molar-refractivity contribution >= 4 is 0 Å². The van der Waals surface area contributed by atoms with Crippen molar-refractivity contribution in [3.05, 3.63) is 47.5 Å². The molecule has 0 radical (unpaired) electrons. The van der Waals surface area contributed by atoms with Gasteiger partial charge < -0.3 is 5.11 Å². The molecule has 2 atom stereocenters. The number of hydrogen-bond donors (Lipinski definition) is 1. The molecule has 2 aliphatic carbocycles. The second kappa shape index (κ2) is 7.66. The van der Waals surface area contributed by atoms with Gasteiger partial charge in [0.05, 0.1) is 5.60 Å². The zero-order chi connectivity index (χ0) is 17.8. The Morgan fingerprint density at radius 1 is 1.04 bits per heavy atom. The van der Waals surface area contributed by atoms with Crippen LogP contribution in [0.1, 0.15) is 89.3 Å². The van der Waals surface area contributed by atoms with Crippen molar-refractivity contribution in [2.24, 2.45) is 5.41 Å². The van der Waals surface area contributed by atoms with Gasteiger partial charge in [-0.2, -0.15) is 0 Å². The topological polar surface area (TPSA) is 20.2 Å². The Labute approximate surface area is 143 Å². The summed E-state index contributed by atoms with van der Waals surface area (Å²) in [5.74, 6) is 1.84. The normalized spacial score (nSPS) is 21.6. The van der Waals surface area contributed by atoms with Gasteiger partial charge in [-0.25, -0.2) is 0 Å². The van der Waals surface area contributed by atoms with E-state index in [0.29, 0.717) is 0 Å². The van der Waals surface area contributed by atoms with Gasteiger partial charge in [-0.1, -0.05) is 57.5 Å². The molecular formula is C22H36O. The van der Waals surface area contributed by atoms with Crippen LogP contribution in [0, 0.1) is 12.3 Å². The molecular weight excluding hydrogens is 280 g/mol. The minimum absolute atomic E-state index is 0.201. The van der Waals surface area contributed by atoms with Gasteiger partial charge in [-0.15, -0.1) is 6.58 Å². The standard InChI is InChI=1S/C12H14.C8H16O.C2H6/c1-8-2-5-11-9-3-4-10(7-9)12(11)6-8;1-6-7(2,3)8(4,5)9;1-2/h2,5-6,9-10H,3-4,7H2,1H3;6,9H,1H2,2-5H3;1-2H3. The van der Waals surface area contributed by atoms with Crippen molar-refractivity contribution in [3.8, 4) is 0 Å². The van der Waals surface area contributed by atoms with Crippen LogP contribution in [-0.2, 0) is 0 Å². The first kappa shape index (κ1) is 20.0. The fourth-order valence-electron chi connectivity index (χ4n) is 3.22. The Kier molecular flexibility index (Phi) is 6.65. The maximum Gasteiger partial charge on any atom is 0.0676 e.